The Morgan fingerprint density at radius 1 is 0.842 bits per heavy atom. The molecule has 1 nitrogen and oxygen atoms in total. The largest absolute Gasteiger partial charge is 0.381 e. The average molecular weight is 257 g/mol. The van der Waals surface area contributed by atoms with E-state index in [1.807, 2.05) is 6.92 Å². The average Bonchev–Trinajstić information content (AvgIpc) is 2.34. The van der Waals surface area contributed by atoms with Gasteiger partial charge in [0.1, 0.15) is 5.82 Å². The molecule has 0 saturated carbocycles. The van der Waals surface area contributed by atoms with Crippen molar-refractivity contribution in [2.75, 3.05) is 5.32 Å². The van der Waals surface area contributed by atoms with Crippen LogP contribution in [0, 0.1) is 33.5 Å². The normalized spacial score (nSPS) is 10.6. The fraction of sp³-hybridized carbons (Fsp3) is 0.294. The Bertz CT molecular complexity index is 602. The van der Waals surface area contributed by atoms with Gasteiger partial charge in [-0.25, -0.2) is 4.39 Å². The third-order valence-corrected chi connectivity index (χ3v) is 3.61. The Morgan fingerprint density at radius 3 is 2.21 bits per heavy atom. The van der Waals surface area contributed by atoms with Crippen molar-refractivity contribution in [2.45, 2.75) is 34.2 Å². The molecule has 2 aromatic carbocycles. The predicted octanol–water partition coefficient (Wildman–Crippen LogP) is 4.67. The fourth-order valence-electron chi connectivity index (χ4n) is 2.23. The van der Waals surface area contributed by atoms with E-state index in [1.165, 1.54) is 28.3 Å². The number of benzene rings is 2. The van der Waals surface area contributed by atoms with Gasteiger partial charge in [0.05, 0.1) is 0 Å². The maximum Gasteiger partial charge on any atom is 0.123 e. The SMILES string of the molecule is Cc1cc(C)c(CNc2ccc(F)cc2C)cc1C. The van der Waals surface area contributed by atoms with E-state index in [0.717, 1.165) is 17.8 Å². The summed E-state index contributed by atoms with van der Waals surface area (Å²) in [5, 5.41) is 3.38. The van der Waals surface area contributed by atoms with E-state index >= 15 is 0 Å². The van der Waals surface area contributed by atoms with Gasteiger partial charge in [0.2, 0.25) is 0 Å². The monoisotopic (exact) mass is 257 g/mol. The topological polar surface area (TPSA) is 12.0 Å². The second-order valence-corrected chi connectivity index (χ2v) is 5.18. The van der Waals surface area contributed by atoms with Gasteiger partial charge in [-0.3, -0.25) is 0 Å². The lowest BCUT2D eigenvalue weighted by Crippen LogP contribution is -2.04. The lowest BCUT2D eigenvalue weighted by molar-refractivity contribution is 0.627. The second kappa shape index (κ2) is 5.43. The van der Waals surface area contributed by atoms with Crippen LogP contribution in [0.25, 0.3) is 0 Å². The van der Waals surface area contributed by atoms with Crippen LogP contribution in [0.1, 0.15) is 27.8 Å². The summed E-state index contributed by atoms with van der Waals surface area (Å²) in [4.78, 5) is 0. The summed E-state index contributed by atoms with van der Waals surface area (Å²) < 4.78 is 13.0. The quantitative estimate of drug-likeness (QED) is 0.842. The molecule has 0 amide bonds. The molecule has 19 heavy (non-hydrogen) atoms. The van der Waals surface area contributed by atoms with Crippen LogP contribution in [0.3, 0.4) is 0 Å². The minimum atomic E-state index is -0.189. The highest BCUT2D eigenvalue weighted by Crippen LogP contribution is 2.19. The molecule has 100 valence electrons. The van der Waals surface area contributed by atoms with E-state index in [0.29, 0.717) is 0 Å². The van der Waals surface area contributed by atoms with E-state index in [2.05, 4.69) is 38.2 Å². The first-order valence-electron chi connectivity index (χ1n) is 6.54. The summed E-state index contributed by atoms with van der Waals surface area (Å²) in [6, 6.07) is 9.26. The van der Waals surface area contributed by atoms with Crippen molar-refractivity contribution < 1.29 is 4.39 Å². The number of hydrogen-bond acceptors (Lipinski definition) is 1. The molecule has 1 N–H and O–H groups in total. The van der Waals surface area contributed by atoms with Crippen molar-refractivity contribution in [2.24, 2.45) is 0 Å². The molecule has 0 radical (unpaired) electrons. The lowest BCUT2D eigenvalue weighted by Gasteiger charge is -2.13. The zero-order valence-corrected chi connectivity index (χ0v) is 12.0. The molecule has 2 rings (SSSR count). The number of hydrogen-bond donors (Lipinski definition) is 1. The number of anilines is 1. The van der Waals surface area contributed by atoms with E-state index in [-0.39, 0.29) is 5.82 Å². The van der Waals surface area contributed by atoms with E-state index in [4.69, 9.17) is 0 Å². The first kappa shape index (κ1) is 13.6. The molecule has 2 heteroatoms. The molecule has 0 saturated heterocycles. The Hall–Kier alpha value is -1.83. The number of nitrogens with one attached hydrogen (secondary N) is 1. The van der Waals surface area contributed by atoms with E-state index in [9.17, 15) is 4.39 Å². The highest BCUT2D eigenvalue weighted by Gasteiger charge is 2.04. The van der Waals surface area contributed by atoms with Crippen LogP contribution in [-0.2, 0) is 6.54 Å². The highest BCUT2D eigenvalue weighted by molar-refractivity contribution is 5.51. The molecule has 0 aromatic heterocycles. The van der Waals surface area contributed by atoms with Gasteiger partial charge in [0.25, 0.3) is 0 Å². The molecule has 0 heterocycles. The van der Waals surface area contributed by atoms with Crippen molar-refractivity contribution in [1.82, 2.24) is 0 Å². The number of halogens is 1. The van der Waals surface area contributed by atoms with Gasteiger partial charge in [0.15, 0.2) is 0 Å². The molecule has 0 atom stereocenters. The van der Waals surface area contributed by atoms with Gasteiger partial charge in [-0.1, -0.05) is 12.1 Å². The molecule has 0 aliphatic carbocycles. The third-order valence-electron chi connectivity index (χ3n) is 3.61. The molecule has 0 unspecified atom stereocenters. The van der Waals surface area contributed by atoms with Crippen LogP contribution in [0.5, 0.6) is 0 Å². The maximum atomic E-state index is 13.0. The summed E-state index contributed by atoms with van der Waals surface area (Å²) in [7, 11) is 0. The minimum Gasteiger partial charge on any atom is -0.381 e. The van der Waals surface area contributed by atoms with Crippen LogP contribution in [0.4, 0.5) is 10.1 Å². The smallest absolute Gasteiger partial charge is 0.123 e. The van der Waals surface area contributed by atoms with Gasteiger partial charge >= 0.3 is 0 Å². The zero-order chi connectivity index (χ0) is 14.0. The summed E-state index contributed by atoms with van der Waals surface area (Å²) in [6.07, 6.45) is 0. The molecular weight excluding hydrogens is 237 g/mol. The van der Waals surface area contributed by atoms with Crippen LogP contribution >= 0.6 is 0 Å². The highest BCUT2D eigenvalue weighted by atomic mass is 19.1. The van der Waals surface area contributed by atoms with Crippen LogP contribution in [0.2, 0.25) is 0 Å². The Kier molecular flexibility index (Phi) is 3.89. The van der Waals surface area contributed by atoms with Gasteiger partial charge in [-0.15, -0.1) is 0 Å². The van der Waals surface area contributed by atoms with Crippen molar-refractivity contribution in [3.8, 4) is 0 Å². The molecule has 0 bridgehead atoms. The van der Waals surface area contributed by atoms with Gasteiger partial charge in [-0.05, 0) is 73.7 Å². The summed E-state index contributed by atoms with van der Waals surface area (Å²) in [5.41, 5.74) is 7.11. The van der Waals surface area contributed by atoms with E-state index < -0.39 is 0 Å². The van der Waals surface area contributed by atoms with Crippen LogP contribution in [-0.4, -0.2) is 0 Å². The summed E-state index contributed by atoms with van der Waals surface area (Å²) in [5.74, 6) is -0.189. The lowest BCUT2D eigenvalue weighted by atomic mass is 10.0. The van der Waals surface area contributed by atoms with E-state index in [1.54, 1.807) is 12.1 Å². The molecular formula is C17H20FN. The van der Waals surface area contributed by atoms with Gasteiger partial charge in [-0.2, -0.15) is 0 Å². The van der Waals surface area contributed by atoms with Crippen LogP contribution in [0.15, 0.2) is 30.3 Å². The minimum absolute atomic E-state index is 0.189. The predicted molar refractivity (Wildman–Crippen MR) is 79.1 cm³/mol. The molecule has 0 spiro atoms. The Balaban J connectivity index is 2.16. The fourth-order valence-corrected chi connectivity index (χ4v) is 2.23. The van der Waals surface area contributed by atoms with Gasteiger partial charge < -0.3 is 5.32 Å². The zero-order valence-electron chi connectivity index (χ0n) is 12.0. The van der Waals surface area contributed by atoms with Crippen molar-refractivity contribution in [3.63, 3.8) is 0 Å². The van der Waals surface area contributed by atoms with Gasteiger partial charge in [0, 0.05) is 12.2 Å². The standard InChI is InChI=1S/C17H20FN/c1-11-7-13(3)15(8-12(11)2)10-19-17-6-5-16(18)9-14(17)4/h5-9,19H,10H2,1-4H3. The van der Waals surface area contributed by atoms with Crippen molar-refractivity contribution in [1.29, 1.82) is 0 Å². The first-order valence-corrected chi connectivity index (χ1v) is 6.54. The number of aryl methyl sites for hydroxylation is 4. The van der Waals surface area contributed by atoms with Crippen molar-refractivity contribution >= 4 is 5.69 Å². The molecule has 0 aliphatic rings. The Morgan fingerprint density at radius 2 is 1.53 bits per heavy atom. The second-order valence-electron chi connectivity index (χ2n) is 5.18. The molecule has 0 fully saturated rings. The Labute approximate surface area is 114 Å². The third kappa shape index (κ3) is 3.14. The first-order chi connectivity index (χ1) is 8.97. The molecule has 2 aromatic rings. The number of rotatable bonds is 3. The van der Waals surface area contributed by atoms with Crippen molar-refractivity contribution in [3.05, 3.63) is 64.0 Å². The maximum absolute atomic E-state index is 13.0. The summed E-state index contributed by atoms with van der Waals surface area (Å²) >= 11 is 0. The van der Waals surface area contributed by atoms with Crippen LogP contribution < -0.4 is 5.32 Å². The summed E-state index contributed by atoms with van der Waals surface area (Å²) in [6.45, 7) is 9.06. The molecule has 0 aliphatic heterocycles.